The van der Waals surface area contributed by atoms with Gasteiger partial charge in [0.2, 0.25) is 5.91 Å². The van der Waals surface area contributed by atoms with Gasteiger partial charge in [-0.15, -0.1) is 11.8 Å². The topological polar surface area (TPSA) is 42.0 Å². The van der Waals surface area contributed by atoms with Crippen LogP contribution in [0.15, 0.2) is 42.7 Å². The predicted octanol–water partition coefficient (Wildman–Crippen LogP) is 3.08. The molecule has 0 bridgehead atoms. The van der Waals surface area contributed by atoms with Gasteiger partial charge < -0.3 is 5.32 Å². The highest BCUT2D eigenvalue weighted by Gasteiger charge is 2.04. The minimum Gasteiger partial charge on any atom is -0.351 e. The highest BCUT2D eigenvalue weighted by atomic mass is 32.2. The molecule has 0 aliphatic rings. The molecule has 0 spiro atoms. The fourth-order valence-corrected chi connectivity index (χ4v) is 2.61. The zero-order valence-corrected chi connectivity index (χ0v) is 12.6. The first-order valence-corrected chi connectivity index (χ1v) is 7.79. The Bertz CT molecular complexity index is 604. The van der Waals surface area contributed by atoms with E-state index in [4.69, 9.17) is 0 Å². The van der Waals surface area contributed by atoms with E-state index in [0.29, 0.717) is 17.9 Å². The summed E-state index contributed by atoms with van der Waals surface area (Å²) in [5.74, 6) is 0.911. The largest absolute Gasteiger partial charge is 0.351 e. The number of halogens is 1. The first kappa shape index (κ1) is 15.5. The minimum atomic E-state index is -0.225. The average molecular weight is 304 g/mol. The lowest BCUT2D eigenvalue weighted by atomic mass is 10.1. The lowest BCUT2D eigenvalue weighted by molar-refractivity contribution is -0.118. The van der Waals surface area contributed by atoms with Crippen LogP contribution in [0.5, 0.6) is 0 Å². The van der Waals surface area contributed by atoms with E-state index < -0.39 is 0 Å². The van der Waals surface area contributed by atoms with E-state index in [9.17, 15) is 9.18 Å². The highest BCUT2D eigenvalue weighted by molar-refractivity contribution is 7.99. The molecule has 2 rings (SSSR count). The second kappa shape index (κ2) is 7.78. The summed E-state index contributed by atoms with van der Waals surface area (Å²) in [5, 5.41) is 2.83. The number of amides is 1. The molecule has 1 N–H and O–H groups in total. The van der Waals surface area contributed by atoms with E-state index in [1.165, 1.54) is 6.07 Å². The number of thioether (sulfide) groups is 1. The fourth-order valence-electron chi connectivity index (χ4n) is 1.81. The number of aryl methyl sites for hydroxylation is 1. The van der Waals surface area contributed by atoms with Gasteiger partial charge in [-0.1, -0.05) is 18.2 Å². The highest BCUT2D eigenvalue weighted by Crippen LogP contribution is 2.11. The van der Waals surface area contributed by atoms with Gasteiger partial charge >= 0.3 is 0 Å². The Morgan fingerprint density at radius 2 is 2.19 bits per heavy atom. The van der Waals surface area contributed by atoms with Crippen LogP contribution in [0.25, 0.3) is 0 Å². The molecule has 5 heteroatoms. The molecular formula is C16H17FN2OS. The second-order valence-electron chi connectivity index (χ2n) is 4.71. The molecule has 0 saturated carbocycles. The molecule has 0 aliphatic heterocycles. The Balaban J connectivity index is 1.71. The molecule has 21 heavy (non-hydrogen) atoms. The molecular weight excluding hydrogens is 287 g/mol. The summed E-state index contributed by atoms with van der Waals surface area (Å²) in [5.41, 5.74) is 2.59. The zero-order chi connectivity index (χ0) is 15.1. The van der Waals surface area contributed by atoms with Gasteiger partial charge in [-0.2, -0.15) is 0 Å². The Hall–Kier alpha value is -1.88. The van der Waals surface area contributed by atoms with Crippen LogP contribution >= 0.6 is 11.8 Å². The monoisotopic (exact) mass is 304 g/mol. The Morgan fingerprint density at radius 1 is 1.33 bits per heavy atom. The molecule has 0 radical (unpaired) electrons. The number of carbonyl (C=O) groups is 1. The van der Waals surface area contributed by atoms with Crippen LogP contribution in [0.2, 0.25) is 0 Å². The van der Waals surface area contributed by atoms with Crippen molar-refractivity contribution in [2.45, 2.75) is 19.2 Å². The molecule has 3 nitrogen and oxygen atoms in total. The van der Waals surface area contributed by atoms with Gasteiger partial charge in [-0.3, -0.25) is 9.78 Å². The first-order valence-electron chi connectivity index (χ1n) is 6.63. The van der Waals surface area contributed by atoms with Crippen LogP contribution in [0.4, 0.5) is 4.39 Å². The normalized spacial score (nSPS) is 10.4. The number of nitrogens with one attached hydrogen (secondary N) is 1. The van der Waals surface area contributed by atoms with Gasteiger partial charge in [-0.25, -0.2) is 4.39 Å². The van der Waals surface area contributed by atoms with Gasteiger partial charge in [0.05, 0.1) is 5.75 Å². The quantitative estimate of drug-likeness (QED) is 0.892. The number of rotatable bonds is 6. The number of nitrogens with zero attached hydrogens (tertiary/aromatic N) is 1. The van der Waals surface area contributed by atoms with Crippen LogP contribution in [-0.4, -0.2) is 16.6 Å². The van der Waals surface area contributed by atoms with Crippen LogP contribution < -0.4 is 5.32 Å². The molecule has 1 aromatic carbocycles. The molecule has 0 fully saturated rings. The third-order valence-electron chi connectivity index (χ3n) is 2.94. The van der Waals surface area contributed by atoms with E-state index in [2.05, 4.69) is 10.3 Å². The Kier molecular flexibility index (Phi) is 5.75. The van der Waals surface area contributed by atoms with Crippen LogP contribution in [0, 0.1) is 12.7 Å². The summed E-state index contributed by atoms with van der Waals surface area (Å²) in [4.78, 5) is 15.8. The van der Waals surface area contributed by atoms with E-state index >= 15 is 0 Å². The molecule has 2 aromatic rings. The smallest absolute Gasteiger partial charge is 0.230 e. The van der Waals surface area contributed by atoms with Gasteiger partial charge in [0.15, 0.2) is 0 Å². The van der Waals surface area contributed by atoms with Crippen molar-refractivity contribution in [3.63, 3.8) is 0 Å². The van der Waals surface area contributed by atoms with Crippen LogP contribution in [-0.2, 0) is 17.1 Å². The standard InChI is InChI=1S/C16H17FN2OS/c1-12-7-13(4-5-15(12)17)9-19-16(20)11-21-10-14-3-2-6-18-8-14/h2-8H,9-11H2,1H3,(H,19,20). The zero-order valence-electron chi connectivity index (χ0n) is 11.8. The van der Waals surface area contributed by atoms with Crippen molar-refractivity contribution in [2.75, 3.05) is 5.75 Å². The van der Waals surface area contributed by atoms with Crippen molar-refractivity contribution in [2.24, 2.45) is 0 Å². The van der Waals surface area contributed by atoms with Crippen molar-refractivity contribution in [1.82, 2.24) is 10.3 Å². The molecule has 0 saturated heterocycles. The van der Waals surface area contributed by atoms with Crippen molar-refractivity contribution >= 4 is 17.7 Å². The summed E-state index contributed by atoms with van der Waals surface area (Å²) < 4.78 is 13.1. The minimum absolute atomic E-state index is 0.0223. The summed E-state index contributed by atoms with van der Waals surface area (Å²) in [6.45, 7) is 2.14. The number of benzene rings is 1. The number of aromatic nitrogens is 1. The summed E-state index contributed by atoms with van der Waals surface area (Å²) in [6, 6.07) is 8.73. The van der Waals surface area contributed by atoms with Crippen LogP contribution in [0.3, 0.4) is 0 Å². The third-order valence-corrected chi connectivity index (χ3v) is 3.94. The molecule has 110 valence electrons. The fraction of sp³-hybridized carbons (Fsp3) is 0.250. The average Bonchev–Trinajstić information content (AvgIpc) is 2.49. The van der Waals surface area contributed by atoms with Gasteiger partial charge in [-0.05, 0) is 35.7 Å². The van der Waals surface area contributed by atoms with Crippen molar-refractivity contribution < 1.29 is 9.18 Å². The Labute approximate surface area is 128 Å². The van der Waals surface area contributed by atoms with E-state index in [-0.39, 0.29) is 11.7 Å². The predicted molar refractivity (Wildman–Crippen MR) is 83.4 cm³/mol. The van der Waals surface area contributed by atoms with Crippen LogP contribution in [0.1, 0.15) is 16.7 Å². The molecule has 1 aromatic heterocycles. The maximum absolute atomic E-state index is 13.1. The molecule has 1 amide bonds. The molecule has 0 unspecified atom stereocenters. The SMILES string of the molecule is Cc1cc(CNC(=O)CSCc2cccnc2)ccc1F. The number of hydrogen-bond donors (Lipinski definition) is 1. The van der Waals surface area contributed by atoms with Gasteiger partial charge in [0.25, 0.3) is 0 Å². The third kappa shape index (κ3) is 5.19. The summed E-state index contributed by atoms with van der Waals surface area (Å²) >= 11 is 1.54. The first-order chi connectivity index (χ1) is 10.1. The van der Waals surface area contributed by atoms with Crippen molar-refractivity contribution in [1.29, 1.82) is 0 Å². The van der Waals surface area contributed by atoms with E-state index in [0.717, 1.165) is 16.9 Å². The van der Waals surface area contributed by atoms with Crippen molar-refractivity contribution in [3.8, 4) is 0 Å². The maximum atomic E-state index is 13.1. The Morgan fingerprint density at radius 3 is 2.90 bits per heavy atom. The summed E-state index contributed by atoms with van der Waals surface area (Å²) in [6.07, 6.45) is 3.53. The maximum Gasteiger partial charge on any atom is 0.230 e. The molecule has 0 atom stereocenters. The second-order valence-corrected chi connectivity index (χ2v) is 5.70. The van der Waals surface area contributed by atoms with E-state index in [1.54, 1.807) is 43.2 Å². The van der Waals surface area contributed by atoms with Crippen molar-refractivity contribution in [3.05, 3.63) is 65.2 Å². The lowest BCUT2D eigenvalue weighted by Gasteiger charge is -2.06. The van der Waals surface area contributed by atoms with E-state index in [1.807, 2.05) is 12.1 Å². The molecule has 0 aliphatic carbocycles. The molecule has 1 heterocycles. The van der Waals surface area contributed by atoms with Gasteiger partial charge in [0, 0.05) is 24.7 Å². The summed E-state index contributed by atoms with van der Waals surface area (Å²) in [7, 11) is 0. The number of carbonyl (C=O) groups excluding carboxylic acids is 1. The number of hydrogen-bond acceptors (Lipinski definition) is 3. The number of pyridine rings is 1. The van der Waals surface area contributed by atoms with Gasteiger partial charge in [0.1, 0.15) is 5.82 Å². The lowest BCUT2D eigenvalue weighted by Crippen LogP contribution is -2.24.